The van der Waals surface area contributed by atoms with Crippen LogP contribution in [0.25, 0.3) is 0 Å². The van der Waals surface area contributed by atoms with Gasteiger partial charge in [0.05, 0.1) is 0 Å². The summed E-state index contributed by atoms with van der Waals surface area (Å²) in [4.78, 5) is 0. The van der Waals surface area contributed by atoms with Gasteiger partial charge in [0.15, 0.2) is 0 Å². The minimum Gasteiger partial charge on any atom is -0.508 e. The van der Waals surface area contributed by atoms with Crippen molar-refractivity contribution in [1.29, 1.82) is 0 Å². The molecule has 2 aliphatic carbocycles. The zero-order chi connectivity index (χ0) is 28.7. The molecular formula is C37H48O3. The molecule has 0 amide bonds. The number of hydrogen-bond donors (Lipinski definition) is 3. The van der Waals surface area contributed by atoms with E-state index in [2.05, 4.69) is 47.6 Å². The Kier molecular flexibility index (Phi) is 8.22. The van der Waals surface area contributed by atoms with Crippen LogP contribution in [0.5, 0.6) is 17.2 Å². The van der Waals surface area contributed by atoms with Crippen LogP contribution in [0, 0.1) is 41.5 Å². The lowest BCUT2D eigenvalue weighted by atomic mass is 9.70. The molecule has 5 rings (SSSR count). The van der Waals surface area contributed by atoms with Crippen molar-refractivity contribution in [3.05, 3.63) is 85.5 Å². The molecule has 3 aromatic carbocycles. The van der Waals surface area contributed by atoms with Gasteiger partial charge in [-0.3, -0.25) is 0 Å². The highest BCUT2D eigenvalue weighted by Gasteiger charge is 2.34. The fraction of sp³-hybridized carbons (Fsp3) is 0.514. The molecule has 2 fully saturated rings. The Balaban J connectivity index is 1.85. The predicted molar refractivity (Wildman–Crippen MR) is 165 cm³/mol. The molecule has 0 saturated heterocycles. The highest BCUT2D eigenvalue weighted by molar-refractivity contribution is 5.66. The van der Waals surface area contributed by atoms with Crippen LogP contribution in [0.3, 0.4) is 0 Å². The molecule has 0 aliphatic heterocycles. The van der Waals surface area contributed by atoms with E-state index in [4.69, 9.17) is 0 Å². The summed E-state index contributed by atoms with van der Waals surface area (Å²) in [6.45, 7) is 12.8. The van der Waals surface area contributed by atoms with Crippen molar-refractivity contribution < 1.29 is 15.3 Å². The Hall–Kier alpha value is -2.94. The molecule has 3 N–H and O–H groups in total. The van der Waals surface area contributed by atoms with Crippen molar-refractivity contribution in [2.24, 2.45) is 0 Å². The van der Waals surface area contributed by atoms with Crippen molar-refractivity contribution in [3.63, 3.8) is 0 Å². The molecule has 0 unspecified atom stereocenters. The number of hydrogen-bond acceptors (Lipinski definition) is 3. The first-order valence-electron chi connectivity index (χ1n) is 15.6. The van der Waals surface area contributed by atoms with Gasteiger partial charge >= 0.3 is 0 Å². The third-order valence-electron chi connectivity index (χ3n) is 10.6. The summed E-state index contributed by atoms with van der Waals surface area (Å²) in [6.07, 6.45) is 11.8. The van der Waals surface area contributed by atoms with E-state index in [1.807, 2.05) is 12.1 Å². The fourth-order valence-electron chi connectivity index (χ4n) is 8.21. The van der Waals surface area contributed by atoms with Crippen LogP contribution in [-0.2, 0) is 0 Å². The van der Waals surface area contributed by atoms with Gasteiger partial charge in [-0.15, -0.1) is 0 Å². The Bertz CT molecular complexity index is 1320. The molecule has 40 heavy (non-hydrogen) atoms. The lowest BCUT2D eigenvalue weighted by Crippen LogP contribution is -2.18. The SMILES string of the molecule is Cc1c(C)c(C(c2ccccc2O)c2c(C)c(C)c(O)c(C3CCCCC3)c2C)c(C)c(C2CCCCC2)c1O. The normalized spacial score (nSPS) is 17.1. The van der Waals surface area contributed by atoms with Gasteiger partial charge in [0.25, 0.3) is 0 Å². The van der Waals surface area contributed by atoms with E-state index >= 15 is 0 Å². The number of para-hydroxylation sites is 1. The minimum atomic E-state index is -0.204. The molecule has 0 aromatic heterocycles. The van der Waals surface area contributed by atoms with Crippen LogP contribution < -0.4 is 0 Å². The standard InChI is InChI=1S/C37H48O3/c1-21-23(3)36(39)33(27-15-9-7-10-16-27)25(5)31(21)35(29-19-13-14-20-30(29)38)32-22(2)24(4)37(40)34(26(32)6)28-17-11-8-12-18-28/h13-14,19-20,27-28,35,38-40H,7-12,15-18H2,1-6H3. The predicted octanol–water partition coefficient (Wildman–Crippen LogP) is 9.93. The van der Waals surface area contributed by atoms with E-state index in [1.54, 1.807) is 6.07 Å². The molecule has 3 nitrogen and oxygen atoms in total. The molecule has 0 bridgehead atoms. The van der Waals surface area contributed by atoms with Crippen LogP contribution in [0.1, 0.15) is 143 Å². The average molecular weight is 541 g/mol. The summed E-state index contributed by atoms with van der Waals surface area (Å²) in [5.41, 5.74) is 11.9. The molecule has 0 heterocycles. The highest BCUT2D eigenvalue weighted by atomic mass is 16.3. The second-order valence-corrected chi connectivity index (χ2v) is 12.8. The molecule has 0 atom stereocenters. The maximum Gasteiger partial charge on any atom is 0.122 e. The maximum atomic E-state index is 11.5. The van der Waals surface area contributed by atoms with Crippen LogP contribution >= 0.6 is 0 Å². The van der Waals surface area contributed by atoms with Crippen LogP contribution in [-0.4, -0.2) is 15.3 Å². The van der Waals surface area contributed by atoms with Crippen molar-refractivity contribution >= 4 is 0 Å². The smallest absolute Gasteiger partial charge is 0.122 e. The Morgan fingerprint density at radius 3 is 1.32 bits per heavy atom. The lowest BCUT2D eigenvalue weighted by Gasteiger charge is -2.34. The minimum absolute atomic E-state index is 0.204. The third-order valence-corrected chi connectivity index (χ3v) is 10.6. The van der Waals surface area contributed by atoms with E-state index in [-0.39, 0.29) is 5.92 Å². The first-order valence-corrected chi connectivity index (χ1v) is 15.6. The molecule has 2 aliphatic rings. The average Bonchev–Trinajstić information content (AvgIpc) is 2.96. The van der Waals surface area contributed by atoms with Gasteiger partial charge in [-0.05, 0) is 130 Å². The van der Waals surface area contributed by atoms with Gasteiger partial charge < -0.3 is 15.3 Å². The monoisotopic (exact) mass is 540 g/mol. The first-order chi connectivity index (χ1) is 19.1. The van der Waals surface area contributed by atoms with Gasteiger partial charge in [-0.1, -0.05) is 56.7 Å². The number of rotatable bonds is 5. The Morgan fingerprint density at radius 2 is 0.925 bits per heavy atom. The van der Waals surface area contributed by atoms with Crippen LogP contribution in [0.2, 0.25) is 0 Å². The van der Waals surface area contributed by atoms with Crippen molar-refractivity contribution in [2.75, 3.05) is 0 Å². The third kappa shape index (κ3) is 4.80. The maximum absolute atomic E-state index is 11.5. The number of phenols is 3. The number of benzene rings is 3. The van der Waals surface area contributed by atoms with E-state index in [9.17, 15) is 15.3 Å². The topological polar surface area (TPSA) is 60.7 Å². The van der Waals surface area contributed by atoms with E-state index in [1.165, 1.54) is 49.7 Å². The summed E-state index contributed by atoms with van der Waals surface area (Å²) < 4.78 is 0. The summed E-state index contributed by atoms with van der Waals surface area (Å²) >= 11 is 0. The summed E-state index contributed by atoms with van der Waals surface area (Å²) in [6, 6.07) is 7.76. The zero-order valence-corrected chi connectivity index (χ0v) is 25.5. The van der Waals surface area contributed by atoms with Crippen LogP contribution in [0.4, 0.5) is 0 Å². The first kappa shape index (κ1) is 28.6. The van der Waals surface area contributed by atoms with Gasteiger partial charge in [0.2, 0.25) is 0 Å². The van der Waals surface area contributed by atoms with Crippen molar-refractivity contribution in [3.8, 4) is 17.2 Å². The lowest BCUT2D eigenvalue weighted by molar-refractivity contribution is 0.409. The van der Waals surface area contributed by atoms with Gasteiger partial charge in [-0.25, -0.2) is 0 Å². The van der Waals surface area contributed by atoms with E-state index in [0.717, 1.165) is 75.8 Å². The second kappa shape index (κ2) is 11.5. The Labute approximate surface area is 241 Å². The second-order valence-electron chi connectivity index (χ2n) is 12.8. The molecule has 2 saturated carbocycles. The quantitative estimate of drug-likeness (QED) is 0.282. The van der Waals surface area contributed by atoms with Gasteiger partial charge in [-0.2, -0.15) is 0 Å². The molecule has 214 valence electrons. The number of phenolic OH excluding ortho intramolecular Hbond substituents is 3. The molecule has 0 radical (unpaired) electrons. The van der Waals surface area contributed by atoms with E-state index < -0.39 is 0 Å². The van der Waals surface area contributed by atoms with Gasteiger partial charge in [0, 0.05) is 22.6 Å². The largest absolute Gasteiger partial charge is 0.508 e. The van der Waals surface area contributed by atoms with Gasteiger partial charge in [0.1, 0.15) is 17.2 Å². The van der Waals surface area contributed by atoms with Crippen LogP contribution in [0.15, 0.2) is 24.3 Å². The summed E-state index contributed by atoms with van der Waals surface area (Å²) in [5.74, 6) is 1.72. The highest BCUT2D eigenvalue weighted by Crippen LogP contribution is 2.52. The summed E-state index contributed by atoms with van der Waals surface area (Å²) in [7, 11) is 0. The molecule has 3 heteroatoms. The molecular weight excluding hydrogens is 492 g/mol. The fourth-order valence-corrected chi connectivity index (χ4v) is 8.21. The zero-order valence-electron chi connectivity index (χ0n) is 25.5. The van der Waals surface area contributed by atoms with E-state index in [0.29, 0.717) is 29.1 Å². The number of aromatic hydroxyl groups is 3. The van der Waals surface area contributed by atoms with Crippen molar-refractivity contribution in [2.45, 2.75) is 124 Å². The molecule has 3 aromatic rings. The molecule has 0 spiro atoms. The Morgan fingerprint density at radius 1 is 0.525 bits per heavy atom. The summed E-state index contributed by atoms with van der Waals surface area (Å²) in [5, 5.41) is 34.4. The van der Waals surface area contributed by atoms with Crippen molar-refractivity contribution in [1.82, 2.24) is 0 Å².